The number of anilines is 1. The van der Waals surface area contributed by atoms with Crippen molar-refractivity contribution in [1.29, 1.82) is 0 Å². The maximum Gasteiger partial charge on any atom is 0.221 e. The van der Waals surface area contributed by atoms with Crippen LogP contribution in [0.15, 0.2) is 22.6 Å². The first-order valence-corrected chi connectivity index (χ1v) is 10.4. The molecule has 0 aliphatic rings. The highest BCUT2D eigenvalue weighted by atomic mass is 16.5. The number of nitrogen functional groups attached to an aromatic ring is 1. The van der Waals surface area contributed by atoms with Gasteiger partial charge in [0.1, 0.15) is 6.61 Å². The van der Waals surface area contributed by atoms with Crippen LogP contribution in [0, 0.1) is 5.41 Å². The Morgan fingerprint density at radius 3 is 2.61 bits per heavy atom. The van der Waals surface area contributed by atoms with E-state index in [9.17, 15) is 0 Å². The first-order chi connectivity index (χ1) is 13.4. The van der Waals surface area contributed by atoms with E-state index in [-0.39, 0.29) is 0 Å². The average molecular weight is 384 g/mol. The summed E-state index contributed by atoms with van der Waals surface area (Å²) in [6.45, 7) is 9.84. The van der Waals surface area contributed by atoms with E-state index in [2.05, 4.69) is 48.9 Å². The zero-order chi connectivity index (χ0) is 20.1. The number of nitrogens with two attached hydrogens (primary N) is 1. The second kappa shape index (κ2) is 8.91. The smallest absolute Gasteiger partial charge is 0.221 e. The molecule has 152 valence electrons. The topological polar surface area (TPSA) is 74.2 Å². The van der Waals surface area contributed by atoms with Crippen LogP contribution in [-0.4, -0.2) is 16.6 Å². The Morgan fingerprint density at radius 2 is 1.86 bits per heavy atom. The summed E-state index contributed by atoms with van der Waals surface area (Å²) >= 11 is 0. The maximum atomic E-state index is 6.13. The Morgan fingerprint density at radius 1 is 1.07 bits per heavy atom. The number of hydrogen-bond donors (Lipinski definition) is 1. The Labute approximate surface area is 167 Å². The number of hydrogen-bond acceptors (Lipinski definition) is 5. The summed E-state index contributed by atoms with van der Waals surface area (Å²) < 4.78 is 11.3. The third-order valence-electron chi connectivity index (χ3n) is 5.03. The van der Waals surface area contributed by atoms with Crippen molar-refractivity contribution in [3.05, 3.63) is 29.7 Å². The lowest BCUT2D eigenvalue weighted by atomic mass is 9.89. The van der Waals surface area contributed by atoms with Gasteiger partial charge in [0.25, 0.3) is 0 Å². The monoisotopic (exact) mass is 383 g/mol. The molecule has 0 saturated heterocycles. The number of unbranched alkanes of at least 4 members (excludes halogenated alkanes) is 3. The molecule has 0 saturated carbocycles. The van der Waals surface area contributed by atoms with E-state index >= 15 is 0 Å². The van der Waals surface area contributed by atoms with E-state index in [1.54, 1.807) is 0 Å². The van der Waals surface area contributed by atoms with Crippen LogP contribution in [-0.2, 0) is 17.8 Å². The Bertz CT molecular complexity index is 925. The molecule has 5 nitrogen and oxygen atoms in total. The van der Waals surface area contributed by atoms with Gasteiger partial charge in [-0.05, 0) is 49.3 Å². The molecule has 0 unspecified atom stereocenters. The quantitative estimate of drug-likeness (QED) is 0.456. The molecule has 1 aromatic carbocycles. The molecule has 2 N–H and O–H groups in total. The minimum atomic E-state index is 0.347. The van der Waals surface area contributed by atoms with Gasteiger partial charge in [-0.15, -0.1) is 0 Å². The van der Waals surface area contributed by atoms with Crippen molar-refractivity contribution in [2.24, 2.45) is 5.41 Å². The average Bonchev–Trinajstić information content (AvgIpc) is 3.07. The highest BCUT2D eigenvalue weighted by molar-refractivity contribution is 6.04. The number of fused-ring (bicyclic) bond motifs is 3. The molecule has 0 aliphatic carbocycles. The highest BCUT2D eigenvalue weighted by Gasteiger charge is 2.14. The lowest BCUT2D eigenvalue weighted by Gasteiger charge is -2.17. The number of pyridine rings is 1. The van der Waals surface area contributed by atoms with Gasteiger partial charge in [-0.3, -0.25) is 0 Å². The SMILES string of the molecule is CCOCc1nc2c(N)nc3cc(CCCCCCC(C)(C)C)ccc3c2o1. The normalized spacial score (nSPS) is 12.3. The summed E-state index contributed by atoms with van der Waals surface area (Å²) in [6, 6.07) is 6.37. The second-order valence-corrected chi connectivity index (χ2v) is 8.75. The van der Waals surface area contributed by atoms with Crippen LogP contribution >= 0.6 is 0 Å². The molecule has 2 aromatic heterocycles. The maximum absolute atomic E-state index is 6.13. The fraction of sp³-hybridized carbons (Fsp3) is 0.565. The van der Waals surface area contributed by atoms with E-state index in [1.165, 1.54) is 37.7 Å². The van der Waals surface area contributed by atoms with E-state index in [0.29, 0.717) is 41.4 Å². The molecule has 2 heterocycles. The molecule has 0 radical (unpaired) electrons. The molecule has 0 atom stereocenters. The molecule has 0 fully saturated rings. The summed E-state index contributed by atoms with van der Waals surface area (Å²) in [5.41, 5.74) is 10.1. The third-order valence-corrected chi connectivity index (χ3v) is 5.03. The summed E-state index contributed by atoms with van der Waals surface area (Å²) in [5.74, 6) is 0.950. The molecule has 28 heavy (non-hydrogen) atoms. The zero-order valence-corrected chi connectivity index (χ0v) is 17.7. The molecule has 0 aliphatic heterocycles. The third kappa shape index (κ3) is 5.22. The predicted octanol–water partition coefficient (Wildman–Crippen LogP) is 6.03. The van der Waals surface area contributed by atoms with Gasteiger partial charge in [-0.25, -0.2) is 9.97 Å². The minimum absolute atomic E-state index is 0.347. The molecule has 0 bridgehead atoms. The van der Waals surface area contributed by atoms with E-state index in [1.807, 2.05) is 6.92 Å². The predicted molar refractivity (Wildman–Crippen MR) is 115 cm³/mol. The lowest BCUT2D eigenvalue weighted by molar-refractivity contribution is 0.116. The number of benzene rings is 1. The lowest BCUT2D eigenvalue weighted by Crippen LogP contribution is -2.03. The Balaban J connectivity index is 1.67. The number of rotatable bonds is 9. The first-order valence-electron chi connectivity index (χ1n) is 10.4. The van der Waals surface area contributed by atoms with Crippen LogP contribution in [0.25, 0.3) is 22.0 Å². The minimum Gasteiger partial charge on any atom is -0.437 e. The van der Waals surface area contributed by atoms with E-state index < -0.39 is 0 Å². The fourth-order valence-electron chi connectivity index (χ4n) is 3.51. The van der Waals surface area contributed by atoms with Crippen LogP contribution < -0.4 is 5.73 Å². The van der Waals surface area contributed by atoms with Crippen LogP contribution in [0.5, 0.6) is 0 Å². The Hall–Kier alpha value is -2.14. The number of aromatic nitrogens is 2. The van der Waals surface area contributed by atoms with Gasteiger partial charge in [0.15, 0.2) is 16.9 Å². The van der Waals surface area contributed by atoms with E-state index in [0.717, 1.165) is 17.3 Å². The first kappa shape index (κ1) is 20.6. The highest BCUT2D eigenvalue weighted by Crippen LogP contribution is 2.29. The summed E-state index contributed by atoms with van der Waals surface area (Å²) in [4.78, 5) is 9.00. The van der Waals surface area contributed by atoms with Crippen molar-refractivity contribution in [2.75, 3.05) is 12.3 Å². The van der Waals surface area contributed by atoms with Gasteiger partial charge in [0.05, 0.1) is 5.52 Å². The van der Waals surface area contributed by atoms with Gasteiger partial charge in [-0.2, -0.15) is 0 Å². The Kier molecular flexibility index (Phi) is 6.55. The van der Waals surface area contributed by atoms with E-state index in [4.69, 9.17) is 14.9 Å². The zero-order valence-electron chi connectivity index (χ0n) is 17.7. The molecular weight excluding hydrogens is 350 g/mol. The molecule has 5 heteroatoms. The van der Waals surface area contributed by atoms with Gasteiger partial charge in [-0.1, -0.05) is 46.1 Å². The van der Waals surface area contributed by atoms with Crippen molar-refractivity contribution in [3.63, 3.8) is 0 Å². The number of ether oxygens (including phenoxy) is 1. The summed E-state index contributed by atoms with van der Waals surface area (Å²) in [7, 11) is 0. The van der Waals surface area contributed by atoms with Gasteiger partial charge < -0.3 is 14.9 Å². The van der Waals surface area contributed by atoms with Gasteiger partial charge >= 0.3 is 0 Å². The summed E-state index contributed by atoms with van der Waals surface area (Å²) in [6.07, 6.45) is 7.45. The fourth-order valence-corrected chi connectivity index (χ4v) is 3.51. The van der Waals surface area contributed by atoms with Crippen LogP contribution in [0.1, 0.15) is 71.3 Å². The van der Waals surface area contributed by atoms with Crippen LogP contribution in [0.3, 0.4) is 0 Å². The largest absolute Gasteiger partial charge is 0.437 e. The summed E-state index contributed by atoms with van der Waals surface area (Å²) in [5, 5.41) is 0.952. The molecule has 3 rings (SSSR count). The van der Waals surface area contributed by atoms with Crippen LogP contribution in [0.4, 0.5) is 5.82 Å². The van der Waals surface area contributed by atoms with Crippen molar-refractivity contribution >= 4 is 27.8 Å². The number of nitrogens with zero attached hydrogens (tertiary/aromatic N) is 2. The second-order valence-electron chi connectivity index (χ2n) is 8.75. The molecular formula is C23H33N3O2. The standard InChI is InChI=1S/C23H33N3O2/c1-5-27-15-19-26-20-21(28-19)17-12-11-16(14-18(17)25-22(20)24)10-8-6-7-9-13-23(2,3)4/h11-12,14H,5-10,13,15H2,1-4H3,(H2,24,25). The van der Waals surface area contributed by atoms with Gasteiger partial charge in [0.2, 0.25) is 5.89 Å². The van der Waals surface area contributed by atoms with Gasteiger partial charge in [0, 0.05) is 12.0 Å². The molecule has 0 spiro atoms. The number of aryl methyl sites for hydroxylation is 1. The molecule has 3 aromatic rings. The van der Waals surface area contributed by atoms with Crippen molar-refractivity contribution in [3.8, 4) is 0 Å². The molecule has 0 amide bonds. The van der Waals surface area contributed by atoms with Crippen molar-refractivity contribution < 1.29 is 9.15 Å². The van der Waals surface area contributed by atoms with Crippen LogP contribution in [0.2, 0.25) is 0 Å². The van der Waals surface area contributed by atoms with Crippen molar-refractivity contribution in [1.82, 2.24) is 9.97 Å². The van der Waals surface area contributed by atoms with Crippen molar-refractivity contribution in [2.45, 2.75) is 72.8 Å². The number of oxazole rings is 1.